The van der Waals surface area contributed by atoms with Crippen LogP contribution in [0.1, 0.15) is 19.4 Å². The zero-order chi connectivity index (χ0) is 10.4. The predicted octanol–water partition coefficient (Wildman–Crippen LogP) is 4.49. The van der Waals surface area contributed by atoms with Crippen molar-refractivity contribution in [1.29, 1.82) is 0 Å². The van der Waals surface area contributed by atoms with Crippen molar-refractivity contribution in [3.63, 3.8) is 0 Å². The summed E-state index contributed by atoms with van der Waals surface area (Å²) in [6.07, 6.45) is 4.33. The van der Waals surface area contributed by atoms with Crippen LogP contribution in [0.15, 0.2) is 30.3 Å². The minimum atomic E-state index is 0.569. The van der Waals surface area contributed by atoms with Crippen LogP contribution in [0.3, 0.4) is 0 Å². The minimum Gasteiger partial charge on any atom is -0.155 e. The van der Waals surface area contributed by atoms with Crippen molar-refractivity contribution in [2.24, 2.45) is 0 Å². The molecule has 0 nitrogen and oxygen atoms in total. The van der Waals surface area contributed by atoms with Crippen molar-refractivity contribution < 1.29 is 0 Å². The molecule has 0 heterocycles. The molecule has 0 amide bonds. The van der Waals surface area contributed by atoms with Crippen LogP contribution in [-0.2, 0) is 0 Å². The monoisotopic (exact) mass is 226 g/mol. The van der Waals surface area contributed by atoms with E-state index in [1.54, 1.807) is 0 Å². The van der Waals surface area contributed by atoms with Gasteiger partial charge in [-0.05, 0) is 30.4 Å². The van der Waals surface area contributed by atoms with Crippen LogP contribution in [0.25, 0.3) is 6.08 Å². The summed E-state index contributed by atoms with van der Waals surface area (Å²) in [5.74, 6) is 1.15. The van der Waals surface area contributed by atoms with Gasteiger partial charge in [0.2, 0.25) is 0 Å². The Hall–Kier alpha value is -0.400. The molecule has 0 aliphatic rings. The highest BCUT2D eigenvalue weighted by atomic mass is 35.5. The second-order valence-electron chi connectivity index (χ2n) is 3.07. The Kier molecular flexibility index (Phi) is 5.13. The molecular weight excluding hydrogens is 212 g/mol. The molecule has 1 unspecified atom stereocenters. The zero-order valence-electron chi connectivity index (χ0n) is 8.53. The first-order chi connectivity index (χ1) is 6.72. The Balaban J connectivity index is 2.59. The number of benzene rings is 1. The molecule has 0 radical (unpaired) electrons. The normalized spacial score (nSPS) is 13.4. The third-order valence-corrected chi connectivity index (χ3v) is 3.09. The molecular formula is C12H15ClS. The molecule has 0 aromatic heterocycles. The van der Waals surface area contributed by atoms with Gasteiger partial charge in [0.15, 0.2) is 0 Å². The van der Waals surface area contributed by atoms with Crippen LogP contribution in [-0.4, -0.2) is 11.0 Å². The Morgan fingerprint density at radius 3 is 2.93 bits per heavy atom. The van der Waals surface area contributed by atoms with Crippen LogP contribution in [0.2, 0.25) is 5.02 Å². The van der Waals surface area contributed by atoms with E-state index < -0.39 is 0 Å². The minimum absolute atomic E-state index is 0.569. The predicted molar refractivity (Wildman–Crippen MR) is 68.1 cm³/mol. The van der Waals surface area contributed by atoms with Gasteiger partial charge in [0.05, 0.1) is 0 Å². The van der Waals surface area contributed by atoms with Crippen molar-refractivity contribution in [2.75, 3.05) is 5.75 Å². The summed E-state index contributed by atoms with van der Waals surface area (Å²) < 4.78 is 0. The highest BCUT2D eigenvalue weighted by Gasteiger charge is 1.94. The van der Waals surface area contributed by atoms with Crippen molar-refractivity contribution in [1.82, 2.24) is 0 Å². The lowest BCUT2D eigenvalue weighted by atomic mass is 10.2. The van der Waals surface area contributed by atoms with Gasteiger partial charge in [-0.15, -0.1) is 0 Å². The third-order valence-electron chi connectivity index (χ3n) is 1.84. The summed E-state index contributed by atoms with van der Waals surface area (Å²) in [4.78, 5) is 0. The lowest BCUT2D eigenvalue weighted by Gasteiger charge is -2.02. The maximum atomic E-state index is 5.88. The molecule has 0 aliphatic carbocycles. The summed E-state index contributed by atoms with van der Waals surface area (Å²) in [5, 5.41) is 1.36. The molecule has 0 fully saturated rings. The van der Waals surface area contributed by atoms with Crippen molar-refractivity contribution in [3.8, 4) is 0 Å². The standard InChI is InChI=1S/C12H15ClS/c1-3-14-10(2)7-8-11-5-4-6-12(13)9-11/h4-10H,3H2,1-2H3/b8-7+. The second-order valence-corrected chi connectivity index (χ2v) is 5.17. The summed E-state index contributed by atoms with van der Waals surface area (Å²) in [5.41, 5.74) is 1.17. The first-order valence-electron chi connectivity index (χ1n) is 4.77. The van der Waals surface area contributed by atoms with Crippen LogP contribution in [0.4, 0.5) is 0 Å². The van der Waals surface area contributed by atoms with Gasteiger partial charge in [-0.1, -0.05) is 42.8 Å². The molecule has 0 spiro atoms. The van der Waals surface area contributed by atoms with E-state index in [4.69, 9.17) is 11.6 Å². The molecule has 1 aromatic carbocycles. The van der Waals surface area contributed by atoms with Crippen LogP contribution < -0.4 is 0 Å². The first kappa shape index (κ1) is 11.7. The number of rotatable bonds is 4. The Morgan fingerprint density at radius 1 is 1.50 bits per heavy atom. The topological polar surface area (TPSA) is 0 Å². The van der Waals surface area contributed by atoms with Crippen molar-refractivity contribution in [2.45, 2.75) is 19.1 Å². The lowest BCUT2D eigenvalue weighted by Crippen LogP contribution is -1.89. The first-order valence-corrected chi connectivity index (χ1v) is 6.20. The van der Waals surface area contributed by atoms with E-state index in [0.29, 0.717) is 5.25 Å². The van der Waals surface area contributed by atoms with Crippen LogP contribution in [0, 0.1) is 0 Å². The molecule has 2 heteroatoms. The summed E-state index contributed by atoms with van der Waals surface area (Å²) in [6.45, 7) is 4.38. The van der Waals surface area contributed by atoms with E-state index >= 15 is 0 Å². The van der Waals surface area contributed by atoms with Gasteiger partial charge in [0, 0.05) is 10.3 Å². The third kappa shape index (κ3) is 4.21. The van der Waals surface area contributed by atoms with Gasteiger partial charge in [-0.25, -0.2) is 0 Å². The zero-order valence-corrected chi connectivity index (χ0v) is 10.1. The van der Waals surface area contributed by atoms with Crippen molar-refractivity contribution >= 4 is 29.4 Å². The Bertz CT molecular complexity index is 307. The van der Waals surface area contributed by atoms with Crippen LogP contribution >= 0.6 is 23.4 Å². The summed E-state index contributed by atoms with van der Waals surface area (Å²) >= 11 is 7.82. The fraction of sp³-hybridized carbons (Fsp3) is 0.333. The molecule has 1 rings (SSSR count). The molecule has 14 heavy (non-hydrogen) atoms. The average Bonchev–Trinajstić information content (AvgIpc) is 2.15. The molecule has 0 aliphatic heterocycles. The molecule has 0 bridgehead atoms. The smallest absolute Gasteiger partial charge is 0.0411 e. The van der Waals surface area contributed by atoms with Gasteiger partial charge in [-0.2, -0.15) is 11.8 Å². The fourth-order valence-electron chi connectivity index (χ4n) is 1.18. The molecule has 1 aromatic rings. The van der Waals surface area contributed by atoms with E-state index in [-0.39, 0.29) is 0 Å². The number of hydrogen-bond donors (Lipinski definition) is 0. The maximum absolute atomic E-state index is 5.88. The number of thioether (sulfide) groups is 1. The van der Waals surface area contributed by atoms with Crippen LogP contribution in [0.5, 0.6) is 0 Å². The van der Waals surface area contributed by atoms with E-state index in [1.807, 2.05) is 30.0 Å². The molecule has 0 saturated heterocycles. The van der Waals surface area contributed by atoms with Crippen molar-refractivity contribution in [3.05, 3.63) is 40.9 Å². The molecule has 1 atom stereocenters. The molecule has 0 saturated carbocycles. The molecule has 0 N–H and O–H groups in total. The Labute approximate surface area is 95.4 Å². The summed E-state index contributed by atoms with van der Waals surface area (Å²) in [7, 11) is 0. The maximum Gasteiger partial charge on any atom is 0.0411 e. The SMILES string of the molecule is CCSC(C)/C=C/c1cccc(Cl)c1. The van der Waals surface area contributed by atoms with E-state index in [2.05, 4.69) is 32.1 Å². The largest absolute Gasteiger partial charge is 0.155 e. The molecule has 76 valence electrons. The van der Waals surface area contributed by atoms with E-state index in [1.165, 1.54) is 5.56 Å². The van der Waals surface area contributed by atoms with E-state index in [0.717, 1.165) is 10.8 Å². The quantitative estimate of drug-likeness (QED) is 0.729. The van der Waals surface area contributed by atoms with Gasteiger partial charge >= 0.3 is 0 Å². The average molecular weight is 227 g/mol. The highest BCUT2D eigenvalue weighted by Crippen LogP contribution is 2.15. The summed E-state index contributed by atoms with van der Waals surface area (Å²) in [6, 6.07) is 7.90. The van der Waals surface area contributed by atoms with Gasteiger partial charge in [0.25, 0.3) is 0 Å². The number of halogens is 1. The van der Waals surface area contributed by atoms with Gasteiger partial charge in [-0.3, -0.25) is 0 Å². The lowest BCUT2D eigenvalue weighted by molar-refractivity contribution is 1.25. The Morgan fingerprint density at radius 2 is 2.29 bits per heavy atom. The highest BCUT2D eigenvalue weighted by molar-refractivity contribution is 8.00. The van der Waals surface area contributed by atoms with Gasteiger partial charge < -0.3 is 0 Å². The van der Waals surface area contributed by atoms with Gasteiger partial charge in [0.1, 0.15) is 0 Å². The number of hydrogen-bond acceptors (Lipinski definition) is 1. The fourth-order valence-corrected chi connectivity index (χ4v) is 2.09. The van der Waals surface area contributed by atoms with E-state index in [9.17, 15) is 0 Å². The second kappa shape index (κ2) is 6.15.